The first kappa shape index (κ1) is 30.0. The lowest BCUT2D eigenvalue weighted by atomic mass is 9.72. The van der Waals surface area contributed by atoms with Crippen molar-refractivity contribution in [3.05, 3.63) is 0 Å². The fourth-order valence-electron chi connectivity index (χ4n) is 11.3. The van der Waals surface area contributed by atoms with Crippen LogP contribution in [0.15, 0.2) is 0 Å². The van der Waals surface area contributed by atoms with E-state index in [1.807, 2.05) is 0 Å². The van der Waals surface area contributed by atoms with Gasteiger partial charge in [0.2, 0.25) is 5.91 Å². The molecule has 6 N–H and O–H groups in total. The van der Waals surface area contributed by atoms with Gasteiger partial charge in [-0.05, 0) is 99.8 Å². The first-order valence-electron chi connectivity index (χ1n) is 17.4. The van der Waals surface area contributed by atoms with E-state index in [0.717, 1.165) is 51.6 Å². The van der Waals surface area contributed by atoms with Gasteiger partial charge in [-0.15, -0.1) is 0 Å². The number of rotatable bonds is 5. The summed E-state index contributed by atoms with van der Waals surface area (Å²) in [5.41, 5.74) is 6.95. The van der Waals surface area contributed by atoms with Gasteiger partial charge in [0.15, 0.2) is 11.1 Å². The number of hydrogen-bond donors (Lipinski definition) is 5. The lowest BCUT2D eigenvalue weighted by Crippen LogP contribution is -2.62. The summed E-state index contributed by atoms with van der Waals surface area (Å²) in [6.45, 7) is 2.26. The highest BCUT2D eigenvalue weighted by Crippen LogP contribution is 2.71. The minimum absolute atomic E-state index is 0.0369. The Morgan fingerprint density at radius 3 is 2.55 bits per heavy atom. The zero-order valence-corrected chi connectivity index (χ0v) is 26.0. The third-order valence-electron chi connectivity index (χ3n) is 13.3. The van der Waals surface area contributed by atoms with Crippen LogP contribution < -0.4 is 21.7 Å². The molecular formula is C32H54FN5O3S. The minimum atomic E-state index is -1.75. The monoisotopic (exact) mass is 607 g/mol. The first-order chi connectivity index (χ1) is 20.4. The van der Waals surface area contributed by atoms with Crippen molar-refractivity contribution in [3.63, 3.8) is 0 Å². The Hall–Kier alpha value is -0.650. The summed E-state index contributed by atoms with van der Waals surface area (Å²) in [7, 11) is 0. The summed E-state index contributed by atoms with van der Waals surface area (Å²) in [5.74, 6) is 1.40. The largest absolute Gasteiger partial charge is 0.351 e. The summed E-state index contributed by atoms with van der Waals surface area (Å²) in [4.78, 5) is 17.1. The van der Waals surface area contributed by atoms with Crippen LogP contribution in [-0.4, -0.2) is 81.0 Å². The molecule has 11 unspecified atom stereocenters. The molecule has 7 rings (SSSR count). The van der Waals surface area contributed by atoms with Crippen molar-refractivity contribution >= 4 is 17.0 Å². The van der Waals surface area contributed by atoms with Crippen LogP contribution >= 0.6 is 0 Å². The van der Waals surface area contributed by atoms with Crippen molar-refractivity contribution in [2.75, 3.05) is 19.6 Å². The molecule has 238 valence electrons. The molecule has 4 saturated carbocycles. The van der Waals surface area contributed by atoms with Gasteiger partial charge in [0.05, 0.1) is 17.3 Å². The molecule has 7 aliphatic rings. The number of nitrogens with one attached hydrogen (secondary N) is 3. The molecule has 10 heteroatoms. The van der Waals surface area contributed by atoms with E-state index < -0.39 is 29.3 Å². The van der Waals surface area contributed by atoms with Gasteiger partial charge in [0, 0.05) is 37.3 Å². The number of halogens is 1. The van der Waals surface area contributed by atoms with E-state index in [-0.39, 0.29) is 34.7 Å². The van der Waals surface area contributed by atoms with E-state index in [1.54, 1.807) is 0 Å². The van der Waals surface area contributed by atoms with E-state index in [9.17, 15) is 13.6 Å². The Labute approximate surface area is 253 Å². The van der Waals surface area contributed by atoms with E-state index in [4.69, 9.17) is 5.73 Å². The second kappa shape index (κ2) is 12.3. The molecule has 0 aromatic rings. The number of amides is 1. The number of carbonyl (C=O) groups is 1. The minimum Gasteiger partial charge on any atom is -0.351 e. The highest BCUT2D eigenvalue weighted by atomic mass is 32.2. The first-order valence-corrected chi connectivity index (χ1v) is 18.6. The maximum Gasteiger partial charge on any atom is 0.227 e. The number of hydrogen-bond acceptors (Lipinski definition) is 6. The SMILES string of the molecule is NC1NC2CC(F)CNC(C1C(=O)NC1CN(C3CCCCC3)CCC1C1CCC(S(=O)O)CC1)C1C3CCCCC231. The number of likely N-dealkylation sites (tertiary alicyclic amines) is 1. The van der Waals surface area contributed by atoms with Gasteiger partial charge in [0.1, 0.15) is 6.17 Å². The van der Waals surface area contributed by atoms with Gasteiger partial charge in [-0.2, -0.15) is 0 Å². The quantitative estimate of drug-likeness (QED) is 0.305. The van der Waals surface area contributed by atoms with Crippen LogP contribution in [-0.2, 0) is 15.9 Å². The standard InChI is InChI=1S/C32H54FN5O3S/c33-20-16-26-32-14-5-4-8-24(32)28(32)29(35-17-20)27(30(34)37-26)31(39)36-25-18-38(21-6-2-1-3-7-21)15-13-23(25)19-9-11-22(12-10-19)42(40)41/h19-30,35,37H,1-18,34H2,(H,36,39)(H,40,41). The van der Waals surface area contributed by atoms with E-state index in [2.05, 4.69) is 20.9 Å². The van der Waals surface area contributed by atoms with Gasteiger partial charge in [-0.1, -0.05) is 32.1 Å². The molecule has 2 bridgehead atoms. The molecule has 1 spiro atoms. The molecular weight excluding hydrogens is 553 g/mol. The molecule has 0 aromatic carbocycles. The molecule has 8 nitrogen and oxygen atoms in total. The topological polar surface area (TPSA) is 120 Å². The van der Waals surface area contributed by atoms with E-state index >= 15 is 4.39 Å². The summed E-state index contributed by atoms with van der Waals surface area (Å²) >= 11 is -1.75. The Bertz CT molecular complexity index is 1010. The second-order valence-corrected chi connectivity index (χ2v) is 16.4. The molecule has 11 atom stereocenters. The Balaban J connectivity index is 1.12. The van der Waals surface area contributed by atoms with Crippen molar-refractivity contribution in [2.45, 2.75) is 138 Å². The number of alkyl halides is 1. The average molecular weight is 608 g/mol. The summed E-state index contributed by atoms with van der Waals surface area (Å²) < 4.78 is 36.5. The molecule has 1 amide bonds. The zero-order chi connectivity index (χ0) is 29.0. The number of nitrogens with two attached hydrogens (primary N) is 1. The highest BCUT2D eigenvalue weighted by Gasteiger charge is 2.73. The fraction of sp³-hybridized carbons (Fsp3) is 0.969. The third kappa shape index (κ3) is 5.42. The van der Waals surface area contributed by atoms with Crippen LogP contribution in [0.5, 0.6) is 0 Å². The normalized spacial score (nSPS) is 49.1. The highest BCUT2D eigenvalue weighted by molar-refractivity contribution is 7.79. The van der Waals surface area contributed by atoms with Crippen LogP contribution in [0.4, 0.5) is 4.39 Å². The van der Waals surface area contributed by atoms with Crippen LogP contribution in [0.2, 0.25) is 0 Å². The zero-order valence-electron chi connectivity index (χ0n) is 25.2. The van der Waals surface area contributed by atoms with E-state index in [0.29, 0.717) is 42.7 Å². The molecule has 4 aliphatic carbocycles. The average Bonchev–Trinajstić information content (AvgIpc) is 3.68. The van der Waals surface area contributed by atoms with Crippen molar-refractivity contribution in [1.29, 1.82) is 0 Å². The summed E-state index contributed by atoms with van der Waals surface area (Å²) in [5, 5.41) is 10.7. The Morgan fingerprint density at radius 2 is 1.79 bits per heavy atom. The van der Waals surface area contributed by atoms with E-state index in [1.165, 1.54) is 51.4 Å². The predicted molar refractivity (Wildman–Crippen MR) is 163 cm³/mol. The molecule has 3 aliphatic heterocycles. The molecule has 3 heterocycles. The molecule has 0 aromatic heterocycles. The van der Waals surface area contributed by atoms with Gasteiger partial charge >= 0.3 is 0 Å². The number of nitrogens with zero attached hydrogens (tertiary/aromatic N) is 1. The van der Waals surface area contributed by atoms with Crippen molar-refractivity contribution in [1.82, 2.24) is 20.9 Å². The predicted octanol–water partition coefficient (Wildman–Crippen LogP) is 3.29. The fourth-order valence-corrected chi connectivity index (χ4v) is 12.0. The number of piperidine rings is 1. The smallest absolute Gasteiger partial charge is 0.227 e. The maximum absolute atomic E-state index is 15.1. The molecule has 0 radical (unpaired) electrons. The summed E-state index contributed by atoms with van der Waals surface area (Å²) in [6, 6.07) is 0.617. The Morgan fingerprint density at radius 1 is 1.02 bits per heavy atom. The van der Waals surface area contributed by atoms with Crippen LogP contribution in [0.3, 0.4) is 0 Å². The van der Waals surface area contributed by atoms with Crippen LogP contribution in [0.1, 0.15) is 96.3 Å². The maximum atomic E-state index is 15.1. The lowest BCUT2D eigenvalue weighted by Gasteiger charge is -2.47. The Kier molecular flexibility index (Phi) is 8.77. The van der Waals surface area contributed by atoms with Gasteiger partial charge < -0.3 is 20.9 Å². The van der Waals surface area contributed by atoms with Crippen LogP contribution in [0, 0.1) is 35.0 Å². The van der Waals surface area contributed by atoms with Crippen molar-refractivity contribution < 1.29 is 17.9 Å². The molecule has 7 fully saturated rings. The van der Waals surface area contributed by atoms with Gasteiger partial charge in [-0.3, -0.25) is 15.0 Å². The lowest BCUT2D eigenvalue weighted by molar-refractivity contribution is -0.129. The molecule has 42 heavy (non-hydrogen) atoms. The number of carbonyl (C=O) groups excluding carboxylic acids is 1. The van der Waals surface area contributed by atoms with Crippen molar-refractivity contribution in [2.24, 2.45) is 40.7 Å². The van der Waals surface area contributed by atoms with Gasteiger partial charge in [0.25, 0.3) is 0 Å². The second-order valence-electron chi connectivity index (χ2n) is 15.2. The van der Waals surface area contributed by atoms with Gasteiger partial charge in [-0.25, -0.2) is 8.60 Å². The molecule has 3 saturated heterocycles. The third-order valence-corrected chi connectivity index (χ3v) is 14.4. The summed E-state index contributed by atoms with van der Waals surface area (Å²) in [6.07, 6.45) is 14.8. The van der Waals surface area contributed by atoms with Crippen molar-refractivity contribution in [3.8, 4) is 0 Å². The van der Waals surface area contributed by atoms with Crippen LogP contribution in [0.25, 0.3) is 0 Å².